The van der Waals surface area contributed by atoms with Crippen molar-refractivity contribution in [2.45, 2.75) is 19.9 Å². The van der Waals surface area contributed by atoms with Crippen LogP contribution < -0.4 is 10.6 Å². The minimum absolute atomic E-state index is 0.0734. The van der Waals surface area contributed by atoms with E-state index in [0.29, 0.717) is 13.2 Å². The molecule has 2 rings (SSSR count). The number of aromatic nitrogens is 1. The van der Waals surface area contributed by atoms with Gasteiger partial charge in [-0.3, -0.25) is 5.41 Å². The van der Waals surface area contributed by atoms with Gasteiger partial charge in [0.2, 0.25) is 0 Å². The fourth-order valence-corrected chi connectivity index (χ4v) is 2.14. The predicted octanol–water partition coefficient (Wildman–Crippen LogP) is 0.899. The van der Waals surface area contributed by atoms with Crippen molar-refractivity contribution in [3.63, 3.8) is 0 Å². The Morgan fingerprint density at radius 1 is 1.65 bits per heavy atom. The quantitative estimate of drug-likeness (QED) is 0.589. The van der Waals surface area contributed by atoms with E-state index >= 15 is 0 Å². The molecule has 0 amide bonds. The molecule has 0 aromatic carbocycles. The van der Waals surface area contributed by atoms with E-state index in [1.807, 2.05) is 13.0 Å². The lowest BCUT2D eigenvalue weighted by atomic mass is 10.1. The lowest BCUT2D eigenvalue weighted by molar-refractivity contribution is 0.0985. The van der Waals surface area contributed by atoms with E-state index in [1.165, 1.54) is 0 Å². The summed E-state index contributed by atoms with van der Waals surface area (Å²) >= 11 is 0. The van der Waals surface area contributed by atoms with E-state index in [-0.39, 0.29) is 11.9 Å². The standard InChI is InChI=1S/C12H18N4O/c1-8-3-4-15-12(10(8)11(13)14)16-5-6-17-7-9(16)2/h3-4,9H,5-7H2,1-2H3,(H3,13,14). The van der Waals surface area contributed by atoms with Gasteiger partial charge in [0, 0.05) is 12.7 Å². The number of nitrogens with one attached hydrogen (secondary N) is 1. The van der Waals surface area contributed by atoms with Gasteiger partial charge in [-0.25, -0.2) is 4.98 Å². The Labute approximate surface area is 101 Å². The maximum Gasteiger partial charge on any atom is 0.140 e. The molecule has 92 valence electrons. The molecule has 1 fully saturated rings. The molecule has 1 unspecified atom stereocenters. The molecule has 1 saturated heterocycles. The largest absolute Gasteiger partial charge is 0.384 e. The number of amidine groups is 1. The number of nitrogens with zero attached hydrogens (tertiary/aromatic N) is 2. The molecule has 1 aromatic rings. The summed E-state index contributed by atoms with van der Waals surface area (Å²) in [6, 6.07) is 2.14. The number of hydrogen-bond donors (Lipinski definition) is 2. The summed E-state index contributed by atoms with van der Waals surface area (Å²) in [5.74, 6) is 0.873. The highest BCUT2D eigenvalue weighted by Gasteiger charge is 2.24. The number of morpholine rings is 1. The van der Waals surface area contributed by atoms with Crippen LogP contribution in [0.5, 0.6) is 0 Å². The average molecular weight is 234 g/mol. The zero-order valence-electron chi connectivity index (χ0n) is 10.2. The Morgan fingerprint density at radius 2 is 2.41 bits per heavy atom. The van der Waals surface area contributed by atoms with Crippen molar-refractivity contribution < 1.29 is 4.74 Å². The van der Waals surface area contributed by atoms with Crippen LogP contribution in [0.3, 0.4) is 0 Å². The van der Waals surface area contributed by atoms with Crippen molar-refractivity contribution in [1.29, 1.82) is 5.41 Å². The first-order valence-corrected chi connectivity index (χ1v) is 5.75. The maximum absolute atomic E-state index is 7.68. The molecule has 1 atom stereocenters. The molecule has 0 aliphatic carbocycles. The smallest absolute Gasteiger partial charge is 0.140 e. The Bertz CT molecular complexity index is 433. The number of rotatable bonds is 2. The Balaban J connectivity index is 2.43. The second-order valence-corrected chi connectivity index (χ2v) is 4.36. The number of anilines is 1. The number of hydrogen-bond acceptors (Lipinski definition) is 4. The van der Waals surface area contributed by atoms with Crippen LogP contribution in [0.25, 0.3) is 0 Å². The molecule has 0 bridgehead atoms. The van der Waals surface area contributed by atoms with E-state index < -0.39 is 0 Å². The zero-order chi connectivity index (χ0) is 12.4. The van der Waals surface area contributed by atoms with Crippen LogP contribution in [0.2, 0.25) is 0 Å². The minimum Gasteiger partial charge on any atom is -0.384 e. The molecule has 3 N–H and O–H groups in total. The first kappa shape index (κ1) is 11.9. The van der Waals surface area contributed by atoms with Crippen LogP contribution in [0.4, 0.5) is 5.82 Å². The second kappa shape index (κ2) is 4.71. The highest BCUT2D eigenvalue weighted by Crippen LogP contribution is 2.23. The zero-order valence-corrected chi connectivity index (χ0v) is 10.2. The molecule has 1 aromatic heterocycles. The molecule has 0 saturated carbocycles. The highest BCUT2D eigenvalue weighted by atomic mass is 16.5. The number of pyridine rings is 1. The van der Waals surface area contributed by atoms with Crippen LogP contribution in [0, 0.1) is 12.3 Å². The first-order chi connectivity index (χ1) is 8.11. The van der Waals surface area contributed by atoms with E-state index in [0.717, 1.165) is 23.5 Å². The van der Waals surface area contributed by atoms with E-state index in [1.54, 1.807) is 6.20 Å². The summed E-state index contributed by atoms with van der Waals surface area (Å²) in [4.78, 5) is 6.54. The van der Waals surface area contributed by atoms with Gasteiger partial charge in [0.25, 0.3) is 0 Å². The summed E-state index contributed by atoms with van der Waals surface area (Å²) in [6.45, 7) is 6.21. The van der Waals surface area contributed by atoms with Gasteiger partial charge >= 0.3 is 0 Å². The van der Waals surface area contributed by atoms with Gasteiger partial charge in [0.15, 0.2) is 0 Å². The number of ether oxygens (including phenoxy) is 1. The van der Waals surface area contributed by atoms with Gasteiger partial charge < -0.3 is 15.4 Å². The van der Waals surface area contributed by atoms with Gasteiger partial charge in [0.1, 0.15) is 11.7 Å². The van der Waals surface area contributed by atoms with Crippen molar-refractivity contribution in [1.82, 2.24) is 4.98 Å². The average Bonchev–Trinajstić information content (AvgIpc) is 2.28. The van der Waals surface area contributed by atoms with E-state index in [4.69, 9.17) is 15.9 Å². The molecule has 1 aliphatic heterocycles. The molecular weight excluding hydrogens is 216 g/mol. The highest BCUT2D eigenvalue weighted by molar-refractivity contribution is 6.01. The van der Waals surface area contributed by atoms with Crippen LogP contribution in [-0.2, 0) is 4.74 Å². The lowest BCUT2D eigenvalue weighted by Gasteiger charge is -2.35. The van der Waals surface area contributed by atoms with Crippen LogP contribution >= 0.6 is 0 Å². The Morgan fingerprint density at radius 3 is 3.06 bits per heavy atom. The molecule has 0 spiro atoms. The molecule has 17 heavy (non-hydrogen) atoms. The number of nitrogens with two attached hydrogens (primary N) is 1. The Kier molecular flexibility index (Phi) is 3.28. The van der Waals surface area contributed by atoms with Gasteiger partial charge in [-0.1, -0.05) is 0 Å². The summed E-state index contributed by atoms with van der Waals surface area (Å²) in [6.07, 6.45) is 1.76. The number of aryl methyl sites for hydroxylation is 1. The molecule has 5 heteroatoms. The van der Waals surface area contributed by atoms with Crippen molar-refractivity contribution in [2.24, 2.45) is 5.73 Å². The van der Waals surface area contributed by atoms with E-state index in [9.17, 15) is 0 Å². The fourth-order valence-electron chi connectivity index (χ4n) is 2.14. The summed E-state index contributed by atoms with van der Waals surface area (Å²) in [7, 11) is 0. The normalized spacial score (nSPS) is 20.4. The monoisotopic (exact) mass is 234 g/mol. The number of nitrogen functional groups attached to an aromatic ring is 1. The van der Waals surface area contributed by atoms with Crippen LogP contribution in [0.15, 0.2) is 12.3 Å². The molecule has 0 radical (unpaired) electrons. The molecule has 1 aliphatic rings. The molecule has 2 heterocycles. The predicted molar refractivity (Wildman–Crippen MR) is 67.6 cm³/mol. The van der Waals surface area contributed by atoms with Crippen LogP contribution in [-0.4, -0.2) is 36.6 Å². The fraction of sp³-hybridized carbons (Fsp3) is 0.500. The Hall–Kier alpha value is -1.62. The summed E-state index contributed by atoms with van der Waals surface area (Å²) in [5, 5.41) is 7.68. The van der Waals surface area contributed by atoms with Crippen molar-refractivity contribution in [3.05, 3.63) is 23.4 Å². The van der Waals surface area contributed by atoms with Gasteiger partial charge in [-0.2, -0.15) is 0 Å². The van der Waals surface area contributed by atoms with Crippen molar-refractivity contribution >= 4 is 11.7 Å². The third-order valence-electron chi connectivity index (χ3n) is 3.05. The van der Waals surface area contributed by atoms with Gasteiger partial charge in [0.05, 0.1) is 24.8 Å². The third-order valence-corrected chi connectivity index (χ3v) is 3.05. The topological polar surface area (TPSA) is 75.2 Å². The van der Waals surface area contributed by atoms with Crippen molar-refractivity contribution in [3.8, 4) is 0 Å². The SMILES string of the molecule is Cc1ccnc(N2CCOCC2C)c1C(=N)N. The van der Waals surface area contributed by atoms with E-state index in [2.05, 4.69) is 16.8 Å². The van der Waals surface area contributed by atoms with Gasteiger partial charge in [-0.15, -0.1) is 0 Å². The molecule has 5 nitrogen and oxygen atoms in total. The third kappa shape index (κ3) is 2.24. The second-order valence-electron chi connectivity index (χ2n) is 4.36. The lowest BCUT2D eigenvalue weighted by Crippen LogP contribution is -2.45. The summed E-state index contributed by atoms with van der Waals surface area (Å²) < 4.78 is 5.41. The van der Waals surface area contributed by atoms with Crippen LogP contribution in [0.1, 0.15) is 18.1 Å². The molecular formula is C12H18N4O. The maximum atomic E-state index is 7.68. The van der Waals surface area contributed by atoms with Gasteiger partial charge in [-0.05, 0) is 25.5 Å². The van der Waals surface area contributed by atoms with Crippen molar-refractivity contribution in [2.75, 3.05) is 24.7 Å². The summed E-state index contributed by atoms with van der Waals surface area (Å²) in [5.41, 5.74) is 7.38. The minimum atomic E-state index is 0.0734. The first-order valence-electron chi connectivity index (χ1n) is 5.75.